The van der Waals surface area contributed by atoms with Crippen molar-refractivity contribution >= 4 is 11.6 Å². The number of hydrogen-bond donors (Lipinski definition) is 2. The van der Waals surface area contributed by atoms with Crippen molar-refractivity contribution in [1.29, 1.82) is 0 Å². The average Bonchev–Trinajstić information content (AvgIpc) is 2.38. The lowest BCUT2D eigenvalue weighted by molar-refractivity contribution is -0.207. The Bertz CT molecular complexity index is 361. The van der Waals surface area contributed by atoms with Gasteiger partial charge in [0.15, 0.2) is 17.0 Å². The summed E-state index contributed by atoms with van der Waals surface area (Å²) < 4.78 is 36.3. The topological polar surface area (TPSA) is 53.4 Å². The van der Waals surface area contributed by atoms with Crippen molar-refractivity contribution in [2.75, 3.05) is 0 Å². The van der Waals surface area contributed by atoms with Crippen molar-refractivity contribution < 1.29 is 23.4 Å². The van der Waals surface area contributed by atoms with Gasteiger partial charge in [-0.1, -0.05) is 46.7 Å². The van der Waals surface area contributed by atoms with E-state index in [1.807, 2.05) is 27.7 Å². The van der Waals surface area contributed by atoms with Crippen LogP contribution in [-0.2, 0) is 0 Å². The summed E-state index contributed by atoms with van der Waals surface area (Å²) in [5.74, 6) is -0.394. The first kappa shape index (κ1) is 24.0. The predicted molar refractivity (Wildman–Crippen MR) is 76.1 cm³/mol. The monoisotopic (exact) mass is 317 g/mol. The Morgan fingerprint density at radius 1 is 1.20 bits per heavy atom. The molecule has 3 nitrogen and oxygen atoms in total. The Morgan fingerprint density at radius 3 is 1.90 bits per heavy atom. The highest BCUT2D eigenvalue weighted by atomic mass is 35.5. The molecule has 0 aliphatic rings. The van der Waals surface area contributed by atoms with E-state index in [-0.39, 0.29) is 13.0 Å². The minimum atomic E-state index is -4.81. The van der Waals surface area contributed by atoms with Crippen LogP contribution in [0.3, 0.4) is 0 Å². The number of aliphatic hydroxyl groups is 1. The number of pyridine rings is 1. The number of nitrogens with zero attached hydrogens (tertiary/aromatic N) is 1. The molecule has 0 radical (unpaired) electrons. The summed E-state index contributed by atoms with van der Waals surface area (Å²) in [6, 6.07) is 0.930. The Hall–Kier alpha value is -1.01. The molecule has 0 spiro atoms. The first-order chi connectivity index (χ1) is 8.73. The Kier molecular flexibility index (Phi) is 12.9. The van der Waals surface area contributed by atoms with Gasteiger partial charge in [0.05, 0.1) is 5.69 Å². The molecule has 0 saturated carbocycles. The maximum atomic E-state index is 12.1. The van der Waals surface area contributed by atoms with E-state index in [1.165, 1.54) is 6.92 Å². The third kappa shape index (κ3) is 6.96. The highest BCUT2D eigenvalue weighted by Gasteiger charge is 2.40. The molecule has 1 aromatic heterocycles. The molecular formula is C13H23ClF3NO2. The molecule has 1 aromatic rings. The fourth-order valence-corrected chi connectivity index (χ4v) is 1.21. The molecule has 7 heteroatoms. The zero-order valence-electron chi connectivity index (χ0n) is 11.5. The third-order valence-corrected chi connectivity index (χ3v) is 2.01. The molecule has 120 valence electrons. The number of rotatable bonds is 1. The molecule has 0 saturated heterocycles. The molecule has 1 unspecified atom stereocenters. The zero-order valence-corrected chi connectivity index (χ0v) is 12.3. The van der Waals surface area contributed by atoms with Crippen LogP contribution in [-0.4, -0.2) is 21.4 Å². The van der Waals surface area contributed by atoms with E-state index in [0.29, 0.717) is 0 Å². The van der Waals surface area contributed by atoms with Gasteiger partial charge in [0.1, 0.15) is 0 Å². The van der Waals surface area contributed by atoms with Gasteiger partial charge in [-0.05, 0) is 18.6 Å². The molecule has 0 amide bonds. The smallest absolute Gasteiger partial charge is 0.420 e. The Balaban J connectivity index is -0.000000529. The van der Waals surface area contributed by atoms with Crippen molar-refractivity contribution in [3.8, 4) is 5.75 Å². The maximum absolute atomic E-state index is 12.1. The fraction of sp³-hybridized carbons (Fsp3) is 0.615. The van der Waals surface area contributed by atoms with Gasteiger partial charge in [-0.3, -0.25) is 0 Å². The number of aliphatic hydroxyl groups excluding tert-OH is 1. The molecule has 1 atom stereocenters. The summed E-state index contributed by atoms with van der Waals surface area (Å²) in [5.41, 5.74) is -0.517. The molecular weight excluding hydrogens is 295 g/mol. The van der Waals surface area contributed by atoms with Gasteiger partial charge in [0.2, 0.25) is 0 Å². The molecule has 0 bridgehead atoms. The normalized spacial score (nSPS) is 11.1. The van der Waals surface area contributed by atoms with Crippen molar-refractivity contribution in [3.05, 3.63) is 22.5 Å². The summed E-state index contributed by atoms with van der Waals surface area (Å²) in [7, 11) is 0. The van der Waals surface area contributed by atoms with Gasteiger partial charge in [-0.15, -0.1) is 0 Å². The standard InChI is InChI=1S/C8H7ClF3NO2.2C2H6.CH4/c1-3-2-4(6(15)8(10,11)12)13-7(9)5(3)14;2*1-2;/h2,6,14-15H,1H3;2*1-2H3;1H4. The Morgan fingerprint density at radius 2 is 1.60 bits per heavy atom. The third-order valence-electron chi connectivity index (χ3n) is 1.75. The summed E-state index contributed by atoms with van der Waals surface area (Å²) in [5, 5.41) is 17.6. The van der Waals surface area contributed by atoms with Crippen LogP contribution in [0.4, 0.5) is 13.2 Å². The first-order valence-corrected chi connectivity index (χ1v) is 6.22. The van der Waals surface area contributed by atoms with Gasteiger partial charge in [-0.2, -0.15) is 13.2 Å². The number of halogens is 4. The van der Waals surface area contributed by atoms with Crippen LogP contribution in [0.1, 0.15) is 52.5 Å². The van der Waals surface area contributed by atoms with Crippen molar-refractivity contribution in [2.45, 2.75) is 54.3 Å². The lowest BCUT2D eigenvalue weighted by atomic mass is 10.1. The molecule has 0 aromatic carbocycles. The number of hydrogen-bond acceptors (Lipinski definition) is 3. The molecule has 2 N–H and O–H groups in total. The highest BCUT2D eigenvalue weighted by Crippen LogP contribution is 2.34. The Labute approximate surface area is 123 Å². The fourth-order valence-electron chi connectivity index (χ4n) is 0.959. The molecule has 1 rings (SSSR count). The lowest BCUT2D eigenvalue weighted by Crippen LogP contribution is -2.21. The summed E-state index contributed by atoms with van der Waals surface area (Å²) in [6.07, 6.45) is -7.51. The number of aryl methyl sites for hydroxylation is 1. The van der Waals surface area contributed by atoms with Crippen LogP contribution in [0.5, 0.6) is 5.75 Å². The van der Waals surface area contributed by atoms with Crippen LogP contribution in [0.15, 0.2) is 6.07 Å². The van der Waals surface area contributed by atoms with Crippen molar-refractivity contribution in [2.24, 2.45) is 0 Å². The molecule has 0 aliphatic carbocycles. The first-order valence-electron chi connectivity index (χ1n) is 5.84. The highest BCUT2D eigenvalue weighted by molar-refractivity contribution is 6.30. The molecule has 0 aliphatic heterocycles. The number of aromatic hydroxyl groups is 1. The minimum absolute atomic E-state index is 0. The molecule has 0 fully saturated rings. The second-order valence-electron chi connectivity index (χ2n) is 2.95. The van der Waals surface area contributed by atoms with Crippen LogP contribution in [0, 0.1) is 6.92 Å². The van der Waals surface area contributed by atoms with Crippen molar-refractivity contribution in [1.82, 2.24) is 4.98 Å². The van der Waals surface area contributed by atoms with Crippen LogP contribution < -0.4 is 0 Å². The van der Waals surface area contributed by atoms with Gasteiger partial charge in [-0.25, -0.2) is 4.98 Å². The SMILES string of the molecule is C.CC.CC.Cc1cc(C(O)C(F)(F)F)nc(Cl)c1O. The zero-order chi connectivity index (χ0) is 15.8. The van der Waals surface area contributed by atoms with Crippen LogP contribution in [0.25, 0.3) is 0 Å². The number of aromatic nitrogens is 1. The molecule has 1 heterocycles. The van der Waals surface area contributed by atoms with E-state index in [0.717, 1.165) is 6.07 Å². The van der Waals surface area contributed by atoms with E-state index >= 15 is 0 Å². The second kappa shape index (κ2) is 10.7. The summed E-state index contributed by atoms with van der Waals surface area (Å²) in [4.78, 5) is 3.25. The van der Waals surface area contributed by atoms with E-state index < -0.39 is 28.9 Å². The summed E-state index contributed by atoms with van der Waals surface area (Å²) >= 11 is 5.37. The van der Waals surface area contributed by atoms with Gasteiger partial charge in [0, 0.05) is 0 Å². The lowest BCUT2D eigenvalue weighted by Gasteiger charge is -2.15. The average molecular weight is 318 g/mol. The second-order valence-corrected chi connectivity index (χ2v) is 3.31. The van der Waals surface area contributed by atoms with E-state index in [2.05, 4.69) is 4.98 Å². The van der Waals surface area contributed by atoms with E-state index in [1.54, 1.807) is 0 Å². The molecule has 20 heavy (non-hydrogen) atoms. The van der Waals surface area contributed by atoms with E-state index in [9.17, 15) is 13.2 Å². The van der Waals surface area contributed by atoms with Gasteiger partial charge >= 0.3 is 6.18 Å². The van der Waals surface area contributed by atoms with Crippen molar-refractivity contribution in [3.63, 3.8) is 0 Å². The quantitative estimate of drug-likeness (QED) is 0.714. The van der Waals surface area contributed by atoms with Gasteiger partial charge in [0.25, 0.3) is 0 Å². The largest absolute Gasteiger partial charge is 0.505 e. The number of alkyl halides is 3. The van der Waals surface area contributed by atoms with Gasteiger partial charge < -0.3 is 10.2 Å². The summed E-state index contributed by atoms with van der Waals surface area (Å²) in [6.45, 7) is 9.36. The van der Waals surface area contributed by atoms with Crippen LogP contribution in [0.2, 0.25) is 5.15 Å². The predicted octanol–water partition coefficient (Wildman–Crippen LogP) is 5.03. The van der Waals surface area contributed by atoms with E-state index in [4.69, 9.17) is 21.8 Å². The van der Waals surface area contributed by atoms with Crippen LogP contribution >= 0.6 is 11.6 Å². The minimum Gasteiger partial charge on any atom is -0.505 e. The maximum Gasteiger partial charge on any atom is 0.420 e.